The van der Waals surface area contributed by atoms with Crippen LogP contribution in [0.5, 0.6) is 0 Å². The number of H-pyrrole nitrogens is 1. The number of imidazole rings is 1. The Hall–Kier alpha value is -3.25. The van der Waals surface area contributed by atoms with Crippen molar-refractivity contribution in [1.29, 1.82) is 0 Å². The van der Waals surface area contributed by atoms with Crippen LogP contribution in [-0.2, 0) is 0 Å². The van der Waals surface area contributed by atoms with Gasteiger partial charge in [0.2, 0.25) is 0 Å². The molecule has 0 saturated carbocycles. The first kappa shape index (κ1) is 17.2. The van der Waals surface area contributed by atoms with E-state index in [-0.39, 0.29) is 30.3 Å². The normalized spacial score (nSPS) is 22.2. The van der Waals surface area contributed by atoms with Crippen LogP contribution in [0.15, 0.2) is 77.6 Å². The summed E-state index contributed by atoms with van der Waals surface area (Å²) < 4.78 is 73.4. The number of para-hydroxylation sites is 2. The SMILES string of the molecule is [2H]C1([2H])CN(CCCC(c2ccc(F)cc2)c2ccccc2F)CC([2H])([2H])C1([2H])n1c(=O)[nH]c2ccccc21. The molecular weight excluding hydrogens is 432 g/mol. The van der Waals surface area contributed by atoms with E-state index in [1.54, 1.807) is 59.5 Å². The van der Waals surface area contributed by atoms with E-state index in [2.05, 4.69) is 4.98 Å². The third-order valence-electron chi connectivity index (χ3n) is 6.27. The van der Waals surface area contributed by atoms with Crippen molar-refractivity contribution < 1.29 is 15.6 Å². The first-order valence-corrected chi connectivity index (χ1v) is 11.4. The van der Waals surface area contributed by atoms with Crippen molar-refractivity contribution in [3.05, 3.63) is 106 Å². The van der Waals surface area contributed by atoms with E-state index in [1.807, 2.05) is 0 Å². The molecule has 3 aromatic carbocycles. The number of rotatable bonds is 7. The average Bonchev–Trinajstić information content (AvgIpc) is 3.22. The molecule has 4 nitrogen and oxygen atoms in total. The predicted molar refractivity (Wildman–Crippen MR) is 131 cm³/mol. The van der Waals surface area contributed by atoms with Crippen LogP contribution in [-0.4, -0.2) is 34.1 Å². The Morgan fingerprint density at radius 3 is 2.47 bits per heavy atom. The lowest BCUT2D eigenvalue weighted by Crippen LogP contribution is -2.37. The summed E-state index contributed by atoms with van der Waals surface area (Å²) in [7, 11) is 0. The van der Waals surface area contributed by atoms with E-state index < -0.39 is 30.3 Å². The molecule has 1 aliphatic rings. The smallest absolute Gasteiger partial charge is 0.306 e. The first-order chi connectivity index (χ1) is 18.4. The number of hydrogen-bond acceptors (Lipinski definition) is 2. The van der Waals surface area contributed by atoms with Gasteiger partial charge >= 0.3 is 5.69 Å². The molecule has 1 atom stereocenters. The Morgan fingerprint density at radius 1 is 1.00 bits per heavy atom. The van der Waals surface area contributed by atoms with Crippen molar-refractivity contribution >= 4 is 11.0 Å². The molecule has 1 fully saturated rings. The van der Waals surface area contributed by atoms with Crippen molar-refractivity contribution in [1.82, 2.24) is 14.5 Å². The van der Waals surface area contributed by atoms with Gasteiger partial charge in [0.05, 0.1) is 12.4 Å². The minimum Gasteiger partial charge on any atom is -0.306 e. The number of piperidine rings is 1. The van der Waals surface area contributed by atoms with Crippen molar-refractivity contribution in [2.24, 2.45) is 0 Å². The summed E-state index contributed by atoms with van der Waals surface area (Å²) in [5, 5.41) is 0. The average molecular weight is 467 g/mol. The summed E-state index contributed by atoms with van der Waals surface area (Å²) in [6.07, 6.45) is -3.92. The van der Waals surface area contributed by atoms with Gasteiger partial charge in [0, 0.05) is 30.5 Å². The fourth-order valence-corrected chi connectivity index (χ4v) is 4.56. The molecule has 5 rings (SSSR count). The highest BCUT2D eigenvalue weighted by molar-refractivity contribution is 5.75. The highest BCUT2D eigenvalue weighted by Gasteiger charge is 2.24. The number of nitrogens with zero attached hydrogens (tertiary/aromatic N) is 2. The van der Waals surface area contributed by atoms with Crippen LogP contribution in [0.2, 0.25) is 0 Å². The van der Waals surface area contributed by atoms with E-state index in [9.17, 15) is 13.6 Å². The number of halogens is 2. The molecule has 6 heteroatoms. The van der Waals surface area contributed by atoms with Crippen LogP contribution in [0.4, 0.5) is 8.78 Å². The van der Waals surface area contributed by atoms with Crippen molar-refractivity contribution in [3.8, 4) is 0 Å². The predicted octanol–water partition coefficient (Wildman–Crippen LogP) is 5.86. The minimum atomic E-state index is -2.52. The number of fused-ring (bicyclic) bond motifs is 1. The third-order valence-corrected chi connectivity index (χ3v) is 6.27. The summed E-state index contributed by atoms with van der Waals surface area (Å²) in [5.74, 6) is -1.14. The fraction of sp³-hybridized carbons (Fsp3) is 0.321. The Balaban J connectivity index is 1.38. The van der Waals surface area contributed by atoms with Crippen LogP contribution < -0.4 is 5.69 Å². The molecule has 1 N–H and O–H groups in total. The maximum Gasteiger partial charge on any atom is 0.326 e. The number of likely N-dealkylation sites (tertiary alicyclic amines) is 1. The van der Waals surface area contributed by atoms with Gasteiger partial charge in [-0.25, -0.2) is 13.6 Å². The van der Waals surface area contributed by atoms with Gasteiger partial charge in [-0.3, -0.25) is 4.57 Å². The Labute approximate surface area is 204 Å². The maximum atomic E-state index is 14.7. The topological polar surface area (TPSA) is 41.0 Å². The van der Waals surface area contributed by atoms with Crippen molar-refractivity contribution in [2.45, 2.75) is 37.5 Å². The van der Waals surface area contributed by atoms with E-state index in [4.69, 9.17) is 6.85 Å². The van der Waals surface area contributed by atoms with Crippen LogP contribution in [0, 0.1) is 11.6 Å². The number of benzene rings is 3. The molecule has 2 heterocycles. The van der Waals surface area contributed by atoms with Crippen LogP contribution in [0.1, 0.15) is 55.5 Å². The molecule has 34 heavy (non-hydrogen) atoms. The number of hydrogen-bond donors (Lipinski definition) is 1. The molecule has 4 aromatic rings. The van der Waals surface area contributed by atoms with E-state index in [0.717, 1.165) is 10.1 Å². The van der Waals surface area contributed by atoms with E-state index in [0.29, 0.717) is 30.5 Å². The second-order valence-electron chi connectivity index (χ2n) is 8.46. The number of nitrogens with one attached hydrogen (secondary N) is 1. The molecule has 0 radical (unpaired) electrons. The van der Waals surface area contributed by atoms with Gasteiger partial charge in [-0.15, -0.1) is 0 Å². The lowest BCUT2D eigenvalue weighted by Gasteiger charge is -2.33. The summed E-state index contributed by atoms with van der Waals surface area (Å²) >= 11 is 0. The van der Waals surface area contributed by atoms with Crippen LogP contribution >= 0.6 is 0 Å². The van der Waals surface area contributed by atoms with E-state index >= 15 is 0 Å². The molecule has 1 aliphatic heterocycles. The fourth-order valence-electron chi connectivity index (χ4n) is 4.56. The Bertz CT molecular complexity index is 1520. The van der Waals surface area contributed by atoms with Crippen LogP contribution in [0.25, 0.3) is 11.0 Å². The van der Waals surface area contributed by atoms with Gasteiger partial charge < -0.3 is 9.88 Å². The molecule has 0 spiro atoms. The lowest BCUT2D eigenvalue weighted by atomic mass is 9.87. The van der Waals surface area contributed by atoms with Crippen LogP contribution in [0.3, 0.4) is 0 Å². The highest BCUT2D eigenvalue weighted by Crippen LogP contribution is 2.32. The monoisotopic (exact) mass is 466 g/mol. The molecule has 1 aromatic heterocycles. The third kappa shape index (κ3) is 4.68. The summed E-state index contributed by atoms with van der Waals surface area (Å²) in [4.78, 5) is 17.1. The summed E-state index contributed by atoms with van der Waals surface area (Å²) in [6.45, 7) is -0.226. The number of aromatic nitrogens is 2. The van der Waals surface area contributed by atoms with Gasteiger partial charge in [-0.1, -0.05) is 42.5 Å². The highest BCUT2D eigenvalue weighted by atomic mass is 19.1. The van der Waals surface area contributed by atoms with Gasteiger partial charge in [-0.05, 0) is 73.6 Å². The zero-order valence-corrected chi connectivity index (χ0v) is 18.6. The van der Waals surface area contributed by atoms with Crippen molar-refractivity contribution in [3.63, 3.8) is 0 Å². The zero-order valence-electron chi connectivity index (χ0n) is 23.6. The van der Waals surface area contributed by atoms with Gasteiger partial charge in [0.25, 0.3) is 0 Å². The second kappa shape index (κ2) is 9.94. The molecule has 1 unspecified atom stereocenters. The Kier molecular flexibility index (Phi) is 5.03. The molecule has 176 valence electrons. The minimum absolute atomic E-state index is 0.261. The standard InChI is InChI=1S/C28H29F2N3O/c29-21-13-11-20(12-14-21)23(24-6-1-2-8-25(24)30)7-5-17-32-18-15-22(16-19-32)33-27-10-4-3-9-26(27)31-28(33)34/h1-4,6,8-14,22-23H,5,7,15-19H2,(H,31,34)/i15D2,16D2,22D. The quantitative estimate of drug-likeness (QED) is 0.371. The molecule has 1 saturated heterocycles. The van der Waals surface area contributed by atoms with Gasteiger partial charge in [0.15, 0.2) is 0 Å². The Morgan fingerprint density at radius 2 is 1.71 bits per heavy atom. The molecule has 0 amide bonds. The van der Waals surface area contributed by atoms with Gasteiger partial charge in [-0.2, -0.15) is 0 Å². The molecule has 0 bridgehead atoms. The maximum absolute atomic E-state index is 14.7. The summed E-state index contributed by atoms with van der Waals surface area (Å²) in [5.41, 5.74) is 1.15. The first-order valence-electron chi connectivity index (χ1n) is 13.9. The van der Waals surface area contributed by atoms with Crippen molar-refractivity contribution in [2.75, 3.05) is 19.6 Å². The molecular formula is C28H29F2N3O. The number of aromatic amines is 1. The lowest BCUT2D eigenvalue weighted by molar-refractivity contribution is 0.183. The molecule has 0 aliphatic carbocycles. The second-order valence-corrected chi connectivity index (χ2v) is 8.46. The van der Waals surface area contributed by atoms with E-state index in [1.165, 1.54) is 18.2 Å². The zero-order chi connectivity index (χ0) is 28.0. The summed E-state index contributed by atoms with van der Waals surface area (Å²) in [6, 6.07) is 16.4. The largest absolute Gasteiger partial charge is 0.326 e. The van der Waals surface area contributed by atoms with Gasteiger partial charge in [0.1, 0.15) is 11.6 Å².